The van der Waals surface area contributed by atoms with E-state index in [9.17, 15) is 10.0 Å². The lowest BCUT2D eigenvalue weighted by Gasteiger charge is -2.26. The molecule has 0 aromatic heterocycles. The Hall–Kier alpha value is -3.51. The first-order chi connectivity index (χ1) is 15.2. The topological polar surface area (TPSA) is 73.2 Å². The van der Waals surface area contributed by atoms with Gasteiger partial charge in [-0.05, 0) is 65.1 Å². The molecule has 0 amide bonds. The maximum atomic E-state index is 9.41. The third-order valence-electron chi connectivity index (χ3n) is 5.01. The summed E-state index contributed by atoms with van der Waals surface area (Å²) in [6.07, 6.45) is 0. The van der Waals surface area contributed by atoms with Crippen LogP contribution >= 0.6 is 0 Å². The summed E-state index contributed by atoms with van der Waals surface area (Å²) in [5.41, 5.74) is 5.41. The lowest BCUT2D eigenvalue weighted by molar-refractivity contribution is 0.425. The lowest BCUT2D eigenvalue weighted by atomic mass is 9.80. The van der Waals surface area contributed by atoms with Gasteiger partial charge >= 0.3 is 14.8 Å². The van der Waals surface area contributed by atoms with Gasteiger partial charge in [-0.15, -0.1) is 0 Å². The molecule has 0 radical (unpaired) electrons. The van der Waals surface area contributed by atoms with Crippen molar-refractivity contribution < 1.29 is 19.7 Å². The SMILES string of the molecule is OBOc1ccc(N(c2ccc(B(O)O)cc2)c2ccc(-c3ccccc3)cc2)cc1. The highest BCUT2D eigenvalue weighted by molar-refractivity contribution is 6.58. The molecule has 0 atom stereocenters. The Morgan fingerprint density at radius 3 is 1.61 bits per heavy atom. The second-order valence-corrected chi connectivity index (χ2v) is 6.98. The van der Waals surface area contributed by atoms with E-state index < -0.39 is 7.12 Å². The summed E-state index contributed by atoms with van der Waals surface area (Å²) in [4.78, 5) is 2.06. The zero-order valence-electron chi connectivity index (χ0n) is 16.8. The molecule has 3 N–H and O–H groups in total. The second kappa shape index (κ2) is 9.53. The molecule has 4 rings (SSSR count). The molecule has 0 aliphatic rings. The largest absolute Gasteiger partial charge is 0.539 e. The molecular formula is C24H21B2NO4. The summed E-state index contributed by atoms with van der Waals surface area (Å²) >= 11 is 0. The van der Waals surface area contributed by atoms with Crippen molar-refractivity contribution in [3.8, 4) is 16.9 Å². The van der Waals surface area contributed by atoms with Crippen molar-refractivity contribution in [1.82, 2.24) is 0 Å². The molecule has 5 nitrogen and oxygen atoms in total. The van der Waals surface area contributed by atoms with Crippen LogP contribution in [-0.2, 0) is 0 Å². The first-order valence-electron chi connectivity index (χ1n) is 9.91. The number of rotatable bonds is 7. The number of benzene rings is 4. The molecule has 4 aromatic rings. The van der Waals surface area contributed by atoms with Crippen molar-refractivity contribution in [2.24, 2.45) is 0 Å². The fourth-order valence-electron chi connectivity index (χ4n) is 3.44. The van der Waals surface area contributed by atoms with Crippen molar-refractivity contribution in [3.63, 3.8) is 0 Å². The maximum absolute atomic E-state index is 9.41. The van der Waals surface area contributed by atoms with Crippen molar-refractivity contribution in [2.75, 3.05) is 4.90 Å². The molecule has 0 aliphatic heterocycles. The molecular weight excluding hydrogens is 388 g/mol. The van der Waals surface area contributed by atoms with E-state index >= 15 is 0 Å². The van der Waals surface area contributed by atoms with Crippen LogP contribution in [0.15, 0.2) is 103 Å². The van der Waals surface area contributed by atoms with Crippen LogP contribution in [0.2, 0.25) is 0 Å². The van der Waals surface area contributed by atoms with Gasteiger partial charge in [0.2, 0.25) is 0 Å². The van der Waals surface area contributed by atoms with E-state index in [2.05, 4.69) is 41.3 Å². The van der Waals surface area contributed by atoms with Crippen LogP contribution in [0.3, 0.4) is 0 Å². The van der Waals surface area contributed by atoms with E-state index in [1.165, 1.54) is 0 Å². The van der Waals surface area contributed by atoms with Crippen molar-refractivity contribution in [3.05, 3.63) is 103 Å². The summed E-state index contributed by atoms with van der Waals surface area (Å²) in [6.45, 7) is 0. The molecule has 0 saturated carbocycles. The van der Waals surface area contributed by atoms with Gasteiger partial charge in [-0.2, -0.15) is 0 Å². The Morgan fingerprint density at radius 2 is 1.10 bits per heavy atom. The summed E-state index contributed by atoms with van der Waals surface area (Å²) in [7, 11) is -1.89. The second-order valence-electron chi connectivity index (χ2n) is 6.98. The average molecular weight is 409 g/mol. The number of nitrogens with zero attached hydrogens (tertiary/aromatic N) is 1. The molecule has 7 heteroatoms. The minimum atomic E-state index is -1.51. The Balaban J connectivity index is 1.72. The fraction of sp³-hybridized carbons (Fsp3) is 0. The molecule has 31 heavy (non-hydrogen) atoms. The Labute approximate surface area is 182 Å². The van der Waals surface area contributed by atoms with Gasteiger partial charge < -0.3 is 24.6 Å². The molecule has 0 saturated heterocycles. The van der Waals surface area contributed by atoms with E-state index in [0.717, 1.165) is 28.2 Å². The summed E-state index contributed by atoms with van der Waals surface area (Å²) in [6, 6.07) is 32.9. The normalized spacial score (nSPS) is 10.4. The van der Waals surface area contributed by atoms with Crippen LogP contribution in [0, 0.1) is 0 Å². The summed E-state index contributed by atoms with van der Waals surface area (Å²) in [5, 5.41) is 27.8. The number of anilines is 3. The van der Waals surface area contributed by atoms with Gasteiger partial charge in [0.15, 0.2) is 0 Å². The van der Waals surface area contributed by atoms with Crippen LogP contribution in [0.1, 0.15) is 0 Å². The monoisotopic (exact) mass is 409 g/mol. The summed E-state index contributed by atoms with van der Waals surface area (Å²) in [5.74, 6) is 0.573. The predicted molar refractivity (Wildman–Crippen MR) is 126 cm³/mol. The van der Waals surface area contributed by atoms with Crippen LogP contribution in [-0.4, -0.2) is 29.9 Å². The quantitative estimate of drug-likeness (QED) is 0.409. The molecule has 0 unspecified atom stereocenters. The third-order valence-corrected chi connectivity index (χ3v) is 5.01. The first-order valence-corrected chi connectivity index (χ1v) is 9.91. The predicted octanol–water partition coefficient (Wildman–Crippen LogP) is 3.14. The van der Waals surface area contributed by atoms with Crippen LogP contribution < -0.4 is 15.0 Å². The molecule has 4 aromatic carbocycles. The van der Waals surface area contributed by atoms with Gasteiger partial charge in [0.1, 0.15) is 5.75 Å². The van der Waals surface area contributed by atoms with Crippen molar-refractivity contribution >= 4 is 37.3 Å². The lowest BCUT2D eigenvalue weighted by Crippen LogP contribution is -2.29. The zero-order valence-corrected chi connectivity index (χ0v) is 16.8. The van der Waals surface area contributed by atoms with Gasteiger partial charge in [0.05, 0.1) is 0 Å². The first kappa shape index (κ1) is 20.8. The van der Waals surface area contributed by atoms with E-state index in [0.29, 0.717) is 11.2 Å². The van der Waals surface area contributed by atoms with Crippen LogP contribution in [0.5, 0.6) is 5.75 Å². The maximum Gasteiger partial charge on any atom is 0.504 e. The Morgan fingerprint density at radius 1 is 0.613 bits per heavy atom. The molecule has 0 fully saturated rings. The smallest absolute Gasteiger partial charge is 0.504 e. The third kappa shape index (κ3) is 4.81. The van der Waals surface area contributed by atoms with Gasteiger partial charge in [0, 0.05) is 17.1 Å². The molecule has 0 heterocycles. The highest BCUT2D eigenvalue weighted by atomic mass is 16.5. The van der Waals surface area contributed by atoms with Gasteiger partial charge in [-0.1, -0.05) is 54.6 Å². The van der Waals surface area contributed by atoms with Gasteiger partial charge in [-0.25, -0.2) is 0 Å². The van der Waals surface area contributed by atoms with Crippen LogP contribution in [0.4, 0.5) is 17.1 Å². The zero-order chi connectivity index (χ0) is 21.6. The van der Waals surface area contributed by atoms with E-state index in [1.54, 1.807) is 24.3 Å². The Bertz CT molecular complexity index is 1100. The highest BCUT2D eigenvalue weighted by Crippen LogP contribution is 2.36. The molecule has 0 aliphatic carbocycles. The fourth-order valence-corrected chi connectivity index (χ4v) is 3.44. The van der Waals surface area contributed by atoms with E-state index in [-0.39, 0.29) is 7.69 Å². The van der Waals surface area contributed by atoms with E-state index in [1.807, 2.05) is 42.5 Å². The minimum absolute atomic E-state index is 0.380. The number of hydrogen-bond donors (Lipinski definition) is 3. The molecule has 0 spiro atoms. The minimum Gasteiger partial charge on any atom is -0.539 e. The van der Waals surface area contributed by atoms with Gasteiger partial charge in [0.25, 0.3) is 0 Å². The molecule has 152 valence electrons. The van der Waals surface area contributed by atoms with E-state index in [4.69, 9.17) is 9.68 Å². The number of hydrogen-bond acceptors (Lipinski definition) is 5. The molecule has 0 bridgehead atoms. The van der Waals surface area contributed by atoms with Gasteiger partial charge in [-0.3, -0.25) is 0 Å². The van der Waals surface area contributed by atoms with Crippen molar-refractivity contribution in [2.45, 2.75) is 0 Å². The van der Waals surface area contributed by atoms with Crippen LogP contribution in [0.25, 0.3) is 11.1 Å². The highest BCUT2D eigenvalue weighted by Gasteiger charge is 2.15. The average Bonchev–Trinajstić information content (AvgIpc) is 2.82. The van der Waals surface area contributed by atoms with Crippen molar-refractivity contribution in [1.29, 1.82) is 0 Å². The Kier molecular flexibility index (Phi) is 6.38. The standard InChI is InChI=1S/C24H21B2NO4/c28-25-31-24-16-14-23(15-17-24)27(22-12-8-20(9-13-22)26(29)30)21-10-6-19(7-11-21)18-4-2-1-3-5-18/h1-17,25,28-30H. The summed E-state index contributed by atoms with van der Waals surface area (Å²) < 4.78 is 5.14.